The average molecular weight is 423 g/mol. The molecule has 0 saturated carbocycles. The molecule has 0 aliphatic heterocycles. The molecule has 31 heavy (non-hydrogen) atoms. The summed E-state index contributed by atoms with van der Waals surface area (Å²) in [5, 5.41) is 20.5. The molecule has 4 nitrogen and oxygen atoms in total. The lowest BCUT2D eigenvalue weighted by Gasteiger charge is -1.99. The second-order valence-corrected chi connectivity index (χ2v) is 8.39. The summed E-state index contributed by atoms with van der Waals surface area (Å²) in [6.45, 7) is 13.1. The number of nitrogens with zero attached hydrogens (tertiary/aromatic N) is 2. The maximum atomic E-state index is 8.75. The lowest BCUT2D eigenvalue weighted by atomic mass is 10.3. The molecule has 0 atom stereocenters. The molecule has 4 aromatic carbocycles. The predicted molar refractivity (Wildman–Crippen MR) is 129 cm³/mol. The van der Waals surface area contributed by atoms with Crippen molar-refractivity contribution in [3.63, 3.8) is 0 Å². The van der Waals surface area contributed by atoms with Crippen molar-refractivity contribution in [1.29, 1.82) is 0 Å². The van der Waals surface area contributed by atoms with Crippen LogP contribution < -0.4 is 10.4 Å². The fraction of sp³-hybridized carbons (Fsp3) is 0. The van der Waals surface area contributed by atoms with Gasteiger partial charge in [0.25, 0.3) is 0 Å². The van der Waals surface area contributed by atoms with Gasteiger partial charge in [0.1, 0.15) is 11.5 Å². The minimum atomic E-state index is -0.234. The van der Waals surface area contributed by atoms with Crippen LogP contribution in [0, 0.1) is 13.1 Å². The van der Waals surface area contributed by atoms with Gasteiger partial charge in [0, 0.05) is 0 Å². The lowest BCUT2D eigenvalue weighted by molar-refractivity contribution is 0.475. The number of hydrogen-bond acceptors (Lipinski definition) is 2. The first kappa shape index (κ1) is 23.0. The van der Waals surface area contributed by atoms with Gasteiger partial charge in [0.05, 0.1) is 22.7 Å². The fourth-order valence-electron chi connectivity index (χ4n) is 2.48. The van der Waals surface area contributed by atoms with Crippen molar-refractivity contribution >= 4 is 31.3 Å². The van der Waals surface area contributed by atoms with Crippen LogP contribution in [0.1, 0.15) is 0 Å². The second-order valence-electron chi connectivity index (χ2n) is 6.40. The van der Waals surface area contributed by atoms with Crippen molar-refractivity contribution in [2.75, 3.05) is 0 Å². The molecule has 5 heteroatoms. The highest BCUT2D eigenvalue weighted by Crippen LogP contribution is 2.16. The van der Waals surface area contributed by atoms with E-state index in [2.05, 4.69) is 70.4 Å². The highest BCUT2D eigenvalue weighted by atomic mass is 28.2. The number of rotatable bonds is 2. The molecular weight excluding hydrogens is 400 g/mol. The molecule has 0 amide bonds. The smallest absolute Gasteiger partial charge is 0.187 e. The first-order chi connectivity index (χ1) is 15.1. The summed E-state index contributed by atoms with van der Waals surface area (Å²) in [6, 6.07) is 33.8. The summed E-state index contributed by atoms with van der Waals surface area (Å²) >= 11 is 0. The van der Waals surface area contributed by atoms with Crippen molar-refractivity contribution < 1.29 is 10.2 Å². The van der Waals surface area contributed by atoms with Gasteiger partial charge >= 0.3 is 0 Å². The summed E-state index contributed by atoms with van der Waals surface area (Å²) < 4.78 is 0. The molecule has 0 radical (unpaired) electrons. The highest BCUT2D eigenvalue weighted by molar-refractivity contribution is 6.67. The van der Waals surface area contributed by atoms with E-state index in [1.807, 2.05) is 0 Å². The monoisotopic (exact) mass is 422 g/mol. The van der Waals surface area contributed by atoms with Crippen LogP contribution in [0.5, 0.6) is 11.5 Å². The van der Waals surface area contributed by atoms with Crippen LogP contribution in [0.4, 0.5) is 11.4 Å². The number of phenolic OH excluding ortho intramolecular Hbond substituents is 2. The minimum absolute atomic E-state index is 0.197. The summed E-state index contributed by atoms with van der Waals surface area (Å²) in [5.41, 5.74) is 1.10. The van der Waals surface area contributed by atoms with Crippen LogP contribution in [0.3, 0.4) is 0 Å². The Balaban J connectivity index is 0.000000170. The van der Waals surface area contributed by atoms with Crippen LogP contribution >= 0.6 is 0 Å². The Bertz CT molecular complexity index is 1020. The third-order valence-corrected chi connectivity index (χ3v) is 5.81. The van der Waals surface area contributed by atoms with Crippen LogP contribution in [0.25, 0.3) is 9.69 Å². The van der Waals surface area contributed by atoms with Crippen LogP contribution in [0.2, 0.25) is 0 Å². The SMILES string of the molecule is [C-]#[N+]c1ccc(O)cc1.[C-]#[N+]c1ccc(O)cc1.c1ccc([SiH2]c2ccccc2)cc1. The first-order valence-electron chi connectivity index (χ1n) is 9.51. The molecule has 0 heterocycles. The number of hydrogen-bond donors (Lipinski definition) is 2. The van der Waals surface area contributed by atoms with Gasteiger partial charge in [-0.25, -0.2) is 9.69 Å². The van der Waals surface area contributed by atoms with Crippen molar-refractivity contribution in [3.8, 4) is 11.5 Å². The summed E-state index contributed by atoms with van der Waals surface area (Å²) in [6.07, 6.45) is 0. The molecule has 0 spiro atoms. The van der Waals surface area contributed by atoms with Gasteiger partial charge in [-0.05, 0) is 24.3 Å². The quantitative estimate of drug-likeness (QED) is 0.364. The Kier molecular flexibility index (Phi) is 9.63. The average Bonchev–Trinajstić information content (AvgIpc) is 2.82. The fourth-order valence-corrected chi connectivity index (χ4v) is 3.97. The second kappa shape index (κ2) is 13.0. The summed E-state index contributed by atoms with van der Waals surface area (Å²) in [5.74, 6) is 0.393. The van der Waals surface area contributed by atoms with Crippen molar-refractivity contribution in [2.45, 2.75) is 0 Å². The molecule has 0 fully saturated rings. The summed E-state index contributed by atoms with van der Waals surface area (Å²) in [7, 11) is -0.234. The van der Waals surface area contributed by atoms with E-state index < -0.39 is 0 Å². The highest BCUT2D eigenvalue weighted by Gasteiger charge is 1.94. The van der Waals surface area contributed by atoms with E-state index in [-0.39, 0.29) is 21.0 Å². The molecule has 4 aromatic rings. The lowest BCUT2D eigenvalue weighted by Crippen LogP contribution is -2.26. The molecule has 0 bridgehead atoms. The maximum Gasteiger partial charge on any atom is 0.187 e. The Morgan fingerprint density at radius 2 is 0.806 bits per heavy atom. The van der Waals surface area contributed by atoms with Gasteiger partial charge in [0.15, 0.2) is 11.4 Å². The van der Waals surface area contributed by atoms with Gasteiger partial charge in [-0.2, -0.15) is 0 Å². The molecule has 0 saturated heterocycles. The van der Waals surface area contributed by atoms with Crippen LogP contribution in [-0.4, -0.2) is 19.7 Å². The van der Waals surface area contributed by atoms with E-state index >= 15 is 0 Å². The molecule has 4 rings (SSSR count). The standard InChI is InChI=1S/C12H12Si.2C7H5NO/c1-3-7-11(8-4-1)13-12-9-5-2-6-10-12;2*1-8-6-2-4-7(9)5-3-6/h1-10H,13H2;2*2-5,9H. The van der Waals surface area contributed by atoms with Crippen LogP contribution in [-0.2, 0) is 0 Å². The third-order valence-electron chi connectivity index (χ3n) is 4.05. The predicted octanol–water partition coefficient (Wildman–Crippen LogP) is 4.69. The zero-order valence-corrected chi connectivity index (χ0v) is 18.3. The van der Waals surface area contributed by atoms with E-state index in [4.69, 9.17) is 23.4 Å². The Morgan fingerprint density at radius 1 is 0.484 bits per heavy atom. The topological polar surface area (TPSA) is 49.2 Å². The molecular formula is C26H22N2O2Si. The zero-order chi connectivity index (χ0) is 22.3. The van der Waals surface area contributed by atoms with Gasteiger partial charge in [-0.1, -0.05) is 95.3 Å². The first-order valence-corrected chi connectivity index (χ1v) is 10.9. The molecule has 2 N–H and O–H groups in total. The largest absolute Gasteiger partial charge is 0.508 e. The van der Waals surface area contributed by atoms with Crippen molar-refractivity contribution in [3.05, 3.63) is 132 Å². The molecule has 0 aliphatic carbocycles. The van der Waals surface area contributed by atoms with E-state index in [0.29, 0.717) is 11.4 Å². The number of benzene rings is 4. The van der Waals surface area contributed by atoms with Gasteiger partial charge < -0.3 is 10.2 Å². The van der Waals surface area contributed by atoms with E-state index in [9.17, 15) is 0 Å². The van der Waals surface area contributed by atoms with Gasteiger partial charge in [0.2, 0.25) is 0 Å². The van der Waals surface area contributed by atoms with Crippen molar-refractivity contribution in [2.24, 2.45) is 0 Å². The van der Waals surface area contributed by atoms with Crippen molar-refractivity contribution in [1.82, 2.24) is 0 Å². The van der Waals surface area contributed by atoms with E-state index in [0.717, 1.165) is 0 Å². The van der Waals surface area contributed by atoms with Crippen LogP contribution in [0.15, 0.2) is 109 Å². The Labute approximate surface area is 185 Å². The normalized spacial score (nSPS) is 8.97. The Hall–Kier alpha value is -4.32. The number of aromatic hydroxyl groups is 2. The Morgan fingerprint density at radius 3 is 1.10 bits per heavy atom. The number of phenols is 2. The third kappa shape index (κ3) is 9.14. The molecule has 0 aromatic heterocycles. The van der Waals surface area contributed by atoms with Gasteiger partial charge in [-0.15, -0.1) is 0 Å². The minimum Gasteiger partial charge on any atom is -0.508 e. The van der Waals surface area contributed by atoms with Gasteiger partial charge in [-0.3, -0.25) is 0 Å². The molecule has 0 unspecified atom stereocenters. The molecule has 152 valence electrons. The maximum absolute atomic E-state index is 8.75. The van der Waals surface area contributed by atoms with E-state index in [1.54, 1.807) is 24.3 Å². The van der Waals surface area contributed by atoms with E-state index in [1.165, 1.54) is 34.6 Å². The zero-order valence-electron chi connectivity index (χ0n) is 16.9. The summed E-state index contributed by atoms with van der Waals surface area (Å²) in [4.78, 5) is 6.30. The molecule has 0 aliphatic rings.